The number of aryl methyl sites for hydroxylation is 2. The number of likely N-dealkylation sites (tertiary alicyclic amines) is 1. The summed E-state index contributed by atoms with van der Waals surface area (Å²) >= 11 is 1.71. The lowest BCUT2D eigenvalue weighted by molar-refractivity contribution is -0.119. The third-order valence-electron chi connectivity index (χ3n) is 5.10. The van der Waals surface area contributed by atoms with E-state index in [2.05, 4.69) is 46.8 Å². The fourth-order valence-corrected chi connectivity index (χ4v) is 4.51. The lowest BCUT2D eigenvalue weighted by atomic mass is 9.95. The minimum atomic E-state index is -0.218. The maximum Gasteiger partial charge on any atom is 0.217 e. The molecule has 2 heterocycles. The van der Waals surface area contributed by atoms with Crippen LogP contribution in [0.1, 0.15) is 42.5 Å². The molecule has 1 aromatic heterocycles. The van der Waals surface area contributed by atoms with Crippen LogP contribution in [-0.4, -0.2) is 41.4 Å². The van der Waals surface area contributed by atoms with E-state index in [9.17, 15) is 4.79 Å². The fraction of sp³-hybridized carbons (Fsp3) is 0.500. The molecule has 1 unspecified atom stereocenters. The standard InChI is InChI=1S/C22H31N5OS/c1-2-24-22(27-12-6-9-18(15-27)13-20(23)28)25-14-19-16-29-21(26-19)11-10-17-7-4-3-5-8-17/h3-5,7-8,16,18H,2,6,9-15H2,1H3,(H2,23,28)(H,24,25). The molecule has 0 aliphatic carbocycles. The van der Waals surface area contributed by atoms with E-state index in [1.54, 1.807) is 11.3 Å². The minimum Gasteiger partial charge on any atom is -0.370 e. The second kappa shape index (κ2) is 11.0. The first-order valence-corrected chi connectivity index (χ1v) is 11.3. The lowest BCUT2D eigenvalue weighted by Gasteiger charge is -2.34. The van der Waals surface area contributed by atoms with Gasteiger partial charge in [-0.15, -0.1) is 11.3 Å². The Labute approximate surface area is 177 Å². The number of aliphatic imine (C=N–C) groups is 1. The number of hydrogen-bond donors (Lipinski definition) is 2. The molecule has 7 heteroatoms. The predicted molar refractivity (Wildman–Crippen MR) is 119 cm³/mol. The van der Waals surface area contributed by atoms with Gasteiger partial charge >= 0.3 is 0 Å². The van der Waals surface area contributed by atoms with E-state index in [4.69, 9.17) is 15.7 Å². The average Bonchev–Trinajstić information content (AvgIpc) is 3.18. The highest BCUT2D eigenvalue weighted by molar-refractivity contribution is 7.09. The summed E-state index contributed by atoms with van der Waals surface area (Å²) in [5.41, 5.74) is 7.75. The Kier molecular flexibility index (Phi) is 8.04. The van der Waals surface area contributed by atoms with Gasteiger partial charge in [0.2, 0.25) is 5.91 Å². The molecule has 6 nitrogen and oxygen atoms in total. The summed E-state index contributed by atoms with van der Waals surface area (Å²) in [7, 11) is 0. The van der Waals surface area contributed by atoms with Crippen LogP contribution in [0.15, 0.2) is 40.7 Å². The van der Waals surface area contributed by atoms with Gasteiger partial charge < -0.3 is 16.0 Å². The SMILES string of the molecule is CCNC(=NCc1csc(CCc2ccccc2)n1)N1CCCC(CC(N)=O)C1. The van der Waals surface area contributed by atoms with Crippen molar-refractivity contribution in [1.82, 2.24) is 15.2 Å². The summed E-state index contributed by atoms with van der Waals surface area (Å²) in [5.74, 6) is 0.999. The Morgan fingerprint density at radius 2 is 2.17 bits per heavy atom. The highest BCUT2D eigenvalue weighted by atomic mass is 32.1. The summed E-state index contributed by atoms with van der Waals surface area (Å²) in [6.07, 6.45) is 4.53. The van der Waals surface area contributed by atoms with Gasteiger partial charge in [0.1, 0.15) is 0 Å². The predicted octanol–water partition coefficient (Wildman–Crippen LogP) is 2.98. The number of carbonyl (C=O) groups is 1. The van der Waals surface area contributed by atoms with Crippen LogP contribution in [-0.2, 0) is 24.2 Å². The molecule has 29 heavy (non-hydrogen) atoms. The number of amides is 1. The third kappa shape index (κ3) is 6.85. The van der Waals surface area contributed by atoms with Gasteiger partial charge in [-0.05, 0) is 37.7 Å². The van der Waals surface area contributed by atoms with Gasteiger partial charge in [0, 0.05) is 37.9 Å². The molecule has 156 valence electrons. The molecule has 1 atom stereocenters. The Balaban J connectivity index is 1.57. The lowest BCUT2D eigenvalue weighted by Crippen LogP contribution is -2.47. The van der Waals surface area contributed by atoms with Crippen LogP contribution in [0.3, 0.4) is 0 Å². The van der Waals surface area contributed by atoms with Crippen molar-refractivity contribution in [3.8, 4) is 0 Å². The van der Waals surface area contributed by atoms with Crippen molar-refractivity contribution in [2.24, 2.45) is 16.6 Å². The number of piperidine rings is 1. The van der Waals surface area contributed by atoms with Crippen molar-refractivity contribution in [2.75, 3.05) is 19.6 Å². The molecule has 1 fully saturated rings. The highest BCUT2D eigenvalue weighted by Crippen LogP contribution is 2.20. The summed E-state index contributed by atoms with van der Waals surface area (Å²) in [5, 5.41) is 6.65. The molecule has 2 aromatic rings. The first-order valence-electron chi connectivity index (χ1n) is 10.4. The molecule has 0 spiro atoms. The second-order valence-electron chi connectivity index (χ2n) is 7.51. The number of aromatic nitrogens is 1. The van der Waals surface area contributed by atoms with Crippen LogP contribution in [0.25, 0.3) is 0 Å². The minimum absolute atomic E-state index is 0.218. The molecule has 0 saturated carbocycles. The Hall–Kier alpha value is -2.41. The molecule has 1 aromatic carbocycles. The molecular formula is C22H31N5OS. The maximum absolute atomic E-state index is 11.3. The number of thiazole rings is 1. The van der Waals surface area contributed by atoms with Gasteiger partial charge in [0.25, 0.3) is 0 Å². The maximum atomic E-state index is 11.3. The van der Waals surface area contributed by atoms with Gasteiger partial charge in [-0.1, -0.05) is 30.3 Å². The number of nitrogens with zero attached hydrogens (tertiary/aromatic N) is 3. The summed E-state index contributed by atoms with van der Waals surface area (Å²) in [6, 6.07) is 10.5. The van der Waals surface area contributed by atoms with Crippen LogP contribution in [0.5, 0.6) is 0 Å². The fourth-order valence-electron chi connectivity index (χ4n) is 3.72. The van der Waals surface area contributed by atoms with Gasteiger partial charge in [-0.2, -0.15) is 0 Å². The smallest absolute Gasteiger partial charge is 0.217 e. The number of hydrogen-bond acceptors (Lipinski definition) is 4. The topological polar surface area (TPSA) is 83.6 Å². The van der Waals surface area contributed by atoms with Crippen molar-refractivity contribution in [2.45, 2.75) is 45.6 Å². The van der Waals surface area contributed by atoms with Crippen molar-refractivity contribution in [1.29, 1.82) is 0 Å². The Morgan fingerprint density at radius 3 is 2.93 bits per heavy atom. The number of nitrogens with one attached hydrogen (secondary N) is 1. The first kappa shape index (κ1) is 21.3. The molecule has 3 N–H and O–H groups in total. The van der Waals surface area contributed by atoms with Crippen LogP contribution in [0.2, 0.25) is 0 Å². The summed E-state index contributed by atoms with van der Waals surface area (Å²) in [6.45, 7) is 5.25. The van der Waals surface area contributed by atoms with Gasteiger partial charge in [-0.25, -0.2) is 9.98 Å². The highest BCUT2D eigenvalue weighted by Gasteiger charge is 2.23. The monoisotopic (exact) mass is 413 g/mol. The van der Waals surface area contributed by atoms with Gasteiger partial charge in [0.15, 0.2) is 5.96 Å². The van der Waals surface area contributed by atoms with E-state index in [-0.39, 0.29) is 5.91 Å². The van der Waals surface area contributed by atoms with Crippen molar-refractivity contribution in [3.05, 3.63) is 52.0 Å². The molecule has 1 aliphatic heterocycles. The van der Waals surface area contributed by atoms with Crippen molar-refractivity contribution >= 4 is 23.2 Å². The summed E-state index contributed by atoms with van der Waals surface area (Å²) in [4.78, 5) is 23.1. The summed E-state index contributed by atoms with van der Waals surface area (Å²) < 4.78 is 0. The Morgan fingerprint density at radius 1 is 1.34 bits per heavy atom. The van der Waals surface area contributed by atoms with E-state index in [0.29, 0.717) is 18.9 Å². The molecular weight excluding hydrogens is 382 g/mol. The Bertz CT molecular complexity index is 805. The zero-order chi connectivity index (χ0) is 20.5. The van der Waals surface area contributed by atoms with E-state index in [1.807, 2.05) is 6.07 Å². The number of benzene rings is 1. The van der Waals surface area contributed by atoms with E-state index in [1.165, 1.54) is 5.56 Å². The van der Waals surface area contributed by atoms with E-state index in [0.717, 1.165) is 62.0 Å². The number of primary amides is 1. The zero-order valence-electron chi connectivity index (χ0n) is 17.1. The first-order chi connectivity index (χ1) is 14.1. The second-order valence-corrected chi connectivity index (χ2v) is 8.46. The number of carbonyl (C=O) groups excluding carboxylic acids is 1. The molecule has 1 saturated heterocycles. The molecule has 3 rings (SSSR count). The quantitative estimate of drug-likeness (QED) is 0.515. The van der Waals surface area contributed by atoms with Crippen molar-refractivity contribution < 1.29 is 4.79 Å². The molecule has 0 radical (unpaired) electrons. The molecule has 1 amide bonds. The van der Waals surface area contributed by atoms with E-state index < -0.39 is 0 Å². The van der Waals surface area contributed by atoms with Crippen LogP contribution < -0.4 is 11.1 Å². The third-order valence-corrected chi connectivity index (χ3v) is 6.06. The van der Waals surface area contributed by atoms with Crippen LogP contribution >= 0.6 is 11.3 Å². The molecule has 0 bridgehead atoms. The van der Waals surface area contributed by atoms with Crippen LogP contribution in [0, 0.1) is 5.92 Å². The van der Waals surface area contributed by atoms with E-state index >= 15 is 0 Å². The largest absolute Gasteiger partial charge is 0.370 e. The van der Waals surface area contributed by atoms with Crippen LogP contribution in [0.4, 0.5) is 0 Å². The van der Waals surface area contributed by atoms with Gasteiger partial charge in [0.05, 0.1) is 17.2 Å². The zero-order valence-corrected chi connectivity index (χ0v) is 18.0. The number of nitrogens with two attached hydrogens (primary N) is 1. The van der Waals surface area contributed by atoms with Gasteiger partial charge in [-0.3, -0.25) is 4.79 Å². The number of rotatable bonds is 8. The molecule has 1 aliphatic rings. The normalized spacial score (nSPS) is 17.3. The average molecular weight is 414 g/mol. The number of guanidine groups is 1. The van der Waals surface area contributed by atoms with Crippen molar-refractivity contribution in [3.63, 3.8) is 0 Å².